The lowest BCUT2D eigenvalue weighted by atomic mass is 10.1. The number of hydrogen-bond donors (Lipinski definition) is 1. The zero-order valence-corrected chi connectivity index (χ0v) is 17.9. The van der Waals surface area contributed by atoms with Gasteiger partial charge in [0.1, 0.15) is 5.75 Å². The van der Waals surface area contributed by atoms with Gasteiger partial charge in [0.05, 0.1) is 23.4 Å². The molecule has 8 heteroatoms. The Hall–Kier alpha value is -2.44. The van der Waals surface area contributed by atoms with Crippen LogP contribution in [-0.2, 0) is 6.54 Å². The smallest absolute Gasteiger partial charge is 0.257 e. The molecule has 0 unspecified atom stereocenters. The minimum atomic E-state index is -0.204. The number of nitrogen functional groups attached to an aromatic ring is 1. The standard InChI is InChI=1S/C20H24ClN3O3.ClH/c1-5-24(12-13-6-8-14(9-7-13)19(25)23(2)3)20(26)15-10-16(21)17(22)11-18(15)27-4;/h6-11H,5,12,22H2,1-4H3;1H. The highest BCUT2D eigenvalue weighted by Gasteiger charge is 2.20. The molecule has 0 heterocycles. The molecule has 0 radical (unpaired) electrons. The first-order valence-electron chi connectivity index (χ1n) is 8.51. The summed E-state index contributed by atoms with van der Waals surface area (Å²) in [5, 5.41) is 0.307. The molecule has 152 valence electrons. The molecule has 0 saturated carbocycles. The van der Waals surface area contributed by atoms with E-state index in [1.807, 2.05) is 19.1 Å². The first-order chi connectivity index (χ1) is 12.8. The Kier molecular flexibility index (Phi) is 8.60. The van der Waals surface area contributed by atoms with Crippen LogP contribution in [-0.4, -0.2) is 49.4 Å². The molecule has 0 aliphatic carbocycles. The molecular formula is C20H25Cl2N3O3. The predicted octanol–water partition coefficient (Wildman–Crippen LogP) is 3.72. The number of halogens is 2. The van der Waals surface area contributed by atoms with Crippen LogP contribution in [0.1, 0.15) is 33.2 Å². The fraction of sp³-hybridized carbons (Fsp3) is 0.300. The van der Waals surface area contributed by atoms with Gasteiger partial charge in [0, 0.05) is 38.8 Å². The van der Waals surface area contributed by atoms with Crippen molar-refractivity contribution in [3.63, 3.8) is 0 Å². The second-order valence-corrected chi connectivity index (χ2v) is 6.70. The zero-order chi connectivity index (χ0) is 20.1. The van der Waals surface area contributed by atoms with Crippen molar-refractivity contribution in [2.45, 2.75) is 13.5 Å². The highest BCUT2D eigenvalue weighted by Crippen LogP contribution is 2.30. The van der Waals surface area contributed by atoms with Gasteiger partial charge < -0.3 is 20.3 Å². The Balaban J connectivity index is 0.00000392. The molecule has 0 spiro atoms. The van der Waals surface area contributed by atoms with Gasteiger partial charge in [-0.05, 0) is 30.7 Å². The van der Waals surface area contributed by atoms with E-state index in [0.29, 0.717) is 40.7 Å². The number of methoxy groups -OCH3 is 1. The number of carbonyl (C=O) groups is 2. The van der Waals surface area contributed by atoms with Gasteiger partial charge in [0.25, 0.3) is 11.8 Å². The number of anilines is 1. The number of benzene rings is 2. The molecule has 6 nitrogen and oxygen atoms in total. The van der Waals surface area contributed by atoms with Crippen molar-refractivity contribution < 1.29 is 14.3 Å². The summed E-state index contributed by atoms with van der Waals surface area (Å²) in [5.74, 6) is 0.114. The third kappa shape index (κ3) is 5.30. The van der Waals surface area contributed by atoms with E-state index in [2.05, 4.69) is 0 Å². The van der Waals surface area contributed by atoms with Gasteiger partial charge in [0.2, 0.25) is 0 Å². The maximum atomic E-state index is 13.0. The lowest BCUT2D eigenvalue weighted by Crippen LogP contribution is -2.30. The summed E-state index contributed by atoms with van der Waals surface area (Å²) in [4.78, 5) is 28.2. The van der Waals surface area contributed by atoms with Crippen molar-refractivity contribution in [3.8, 4) is 5.75 Å². The Labute approximate surface area is 176 Å². The first-order valence-corrected chi connectivity index (χ1v) is 8.89. The maximum Gasteiger partial charge on any atom is 0.257 e. The summed E-state index contributed by atoms with van der Waals surface area (Å²) in [6, 6.07) is 10.3. The zero-order valence-electron chi connectivity index (χ0n) is 16.4. The van der Waals surface area contributed by atoms with Crippen LogP contribution in [0.15, 0.2) is 36.4 Å². The van der Waals surface area contributed by atoms with E-state index in [0.717, 1.165) is 5.56 Å². The van der Waals surface area contributed by atoms with E-state index in [4.69, 9.17) is 22.1 Å². The summed E-state index contributed by atoms with van der Waals surface area (Å²) in [5.41, 5.74) is 8.02. The quantitative estimate of drug-likeness (QED) is 0.715. The van der Waals surface area contributed by atoms with Crippen molar-refractivity contribution in [2.75, 3.05) is 33.5 Å². The lowest BCUT2D eigenvalue weighted by Gasteiger charge is -2.23. The molecule has 2 aromatic rings. The van der Waals surface area contributed by atoms with Crippen LogP contribution in [0.5, 0.6) is 5.75 Å². The summed E-state index contributed by atoms with van der Waals surface area (Å²) in [6.45, 7) is 2.80. The minimum absolute atomic E-state index is 0. The van der Waals surface area contributed by atoms with Crippen LogP contribution < -0.4 is 10.5 Å². The minimum Gasteiger partial charge on any atom is -0.496 e. The Morgan fingerprint density at radius 1 is 1.11 bits per heavy atom. The fourth-order valence-electron chi connectivity index (χ4n) is 2.63. The molecular weight excluding hydrogens is 401 g/mol. The van der Waals surface area contributed by atoms with Crippen LogP contribution in [0.2, 0.25) is 5.02 Å². The first kappa shape index (κ1) is 23.6. The number of carbonyl (C=O) groups excluding carboxylic acids is 2. The number of nitrogens with two attached hydrogens (primary N) is 1. The van der Waals surface area contributed by atoms with Crippen LogP contribution in [0.3, 0.4) is 0 Å². The molecule has 0 aliphatic rings. The number of rotatable bonds is 6. The largest absolute Gasteiger partial charge is 0.496 e. The molecule has 28 heavy (non-hydrogen) atoms. The third-order valence-electron chi connectivity index (χ3n) is 4.20. The van der Waals surface area contributed by atoms with E-state index in [9.17, 15) is 9.59 Å². The van der Waals surface area contributed by atoms with E-state index >= 15 is 0 Å². The average Bonchev–Trinajstić information content (AvgIpc) is 2.67. The number of amides is 2. The van der Waals surface area contributed by atoms with Gasteiger partial charge in [-0.1, -0.05) is 23.7 Å². The van der Waals surface area contributed by atoms with Crippen LogP contribution in [0, 0.1) is 0 Å². The summed E-state index contributed by atoms with van der Waals surface area (Å²) in [6.07, 6.45) is 0. The molecule has 0 aromatic heterocycles. The van der Waals surface area contributed by atoms with Crippen molar-refractivity contribution >= 4 is 41.5 Å². The van der Waals surface area contributed by atoms with E-state index in [1.165, 1.54) is 18.1 Å². The highest BCUT2D eigenvalue weighted by atomic mass is 35.5. The Morgan fingerprint density at radius 3 is 2.21 bits per heavy atom. The van der Waals surface area contributed by atoms with Crippen molar-refractivity contribution in [1.82, 2.24) is 9.80 Å². The van der Waals surface area contributed by atoms with Crippen molar-refractivity contribution in [1.29, 1.82) is 0 Å². The van der Waals surface area contributed by atoms with Gasteiger partial charge in [0.15, 0.2) is 0 Å². The molecule has 2 aromatic carbocycles. The highest BCUT2D eigenvalue weighted by molar-refractivity contribution is 6.33. The van der Waals surface area contributed by atoms with E-state index in [1.54, 1.807) is 37.2 Å². The van der Waals surface area contributed by atoms with Gasteiger partial charge >= 0.3 is 0 Å². The Morgan fingerprint density at radius 2 is 1.71 bits per heavy atom. The fourth-order valence-corrected chi connectivity index (χ4v) is 2.80. The molecule has 2 amide bonds. The van der Waals surface area contributed by atoms with Gasteiger partial charge in [-0.15, -0.1) is 12.4 Å². The second-order valence-electron chi connectivity index (χ2n) is 6.29. The van der Waals surface area contributed by atoms with Crippen LogP contribution in [0.4, 0.5) is 5.69 Å². The maximum absolute atomic E-state index is 13.0. The summed E-state index contributed by atoms with van der Waals surface area (Å²) in [7, 11) is 4.90. The van der Waals surface area contributed by atoms with Crippen LogP contribution in [0.25, 0.3) is 0 Å². The molecule has 2 rings (SSSR count). The summed E-state index contributed by atoms with van der Waals surface area (Å²) >= 11 is 6.08. The molecule has 0 atom stereocenters. The molecule has 2 N–H and O–H groups in total. The van der Waals surface area contributed by atoms with Crippen molar-refractivity contribution in [2.24, 2.45) is 0 Å². The predicted molar refractivity (Wildman–Crippen MR) is 115 cm³/mol. The van der Waals surface area contributed by atoms with E-state index < -0.39 is 0 Å². The molecule has 0 aliphatic heterocycles. The molecule has 0 fully saturated rings. The van der Waals surface area contributed by atoms with Crippen molar-refractivity contribution in [3.05, 3.63) is 58.1 Å². The van der Waals surface area contributed by atoms with E-state index in [-0.39, 0.29) is 24.2 Å². The number of nitrogens with zero attached hydrogens (tertiary/aromatic N) is 2. The molecule has 0 saturated heterocycles. The van der Waals surface area contributed by atoms with Gasteiger partial charge in [-0.25, -0.2) is 0 Å². The van der Waals surface area contributed by atoms with Gasteiger partial charge in [-0.3, -0.25) is 9.59 Å². The second kappa shape index (κ2) is 10.2. The number of hydrogen-bond acceptors (Lipinski definition) is 4. The number of ether oxygens (including phenoxy) is 1. The summed E-state index contributed by atoms with van der Waals surface area (Å²) < 4.78 is 5.28. The average molecular weight is 426 g/mol. The SMILES string of the molecule is CCN(Cc1ccc(C(=O)N(C)C)cc1)C(=O)c1cc(Cl)c(N)cc1OC.Cl. The van der Waals surface area contributed by atoms with Gasteiger partial charge in [-0.2, -0.15) is 0 Å². The Bertz CT molecular complexity index is 839. The third-order valence-corrected chi connectivity index (χ3v) is 4.53. The molecule has 0 bridgehead atoms. The monoisotopic (exact) mass is 425 g/mol. The van der Waals surface area contributed by atoms with Crippen LogP contribution >= 0.6 is 24.0 Å². The lowest BCUT2D eigenvalue weighted by molar-refractivity contribution is 0.0748. The topological polar surface area (TPSA) is 75.9 Å². The normalized spacial score (nSPS) is 10.0.